The van der Waals surface area contributed by atoms with E-state index in [1.54, 1.807) is 12.3 Å². The first kappa shape index (κ1) is 10.1. The number of aromatic nitrogens is 1. The molecular weight excluding hydrogens is 162 g/mol. The second-order valence-electron chi connectivity index (χ2n) is 1.65. The van der Waals surface area contributed by atoms with Gasteiger partial charge in [-0.3, -0.25) is 0 Å². The van der Waals surface area contributed by atoms with E-state index >= 15 is 0 Å². The highest BCUT2D eigenvalue weighted by molar-refractivity contribution is 7.03. The van der Waals surface area contributed by atoms with Gasteiger partial charge >= 0.3 is 5.97 Å². The van der Waals surface area contributed by atoms with Gasteiger partial charge in [0.05, 0.1) is 0 Å². The lowest BCUT2D eigenvalue weighted by atomic mass is 10.3. The fourth-order valence-corrected chi connectivity index (χ4v) is 1.14. The van der Waals surface area contributed by atoms with E-state index in [1.807, 2.05) is 13.8 Å². The van der Waals surface area contributed by atoms with Gasteiger partial charge in [0, 0.05) is 5.38 Å². The largest absolute Gasteiger partial charge is 0.476 e. The topological polar surface area (TPSA) is 50.2 Å². The molecule has 1 aromatic heterocycles. The van der Waals surface area contributed by atoms with Gasteiger partial charge in [-0.15, -0.1) is 0 Å². The third-order valence-electron chi connectivity index (χ3n) is 0.950. The molecule has 62 valence electrons. The Balaban J connectivity index is 0.000000461. The van der Waals surface area contributed by atoms with Crippen molar-refractivity contribution in [3.8, 4) is 0 Å². The van der Waals surface area contributed by atoms with E-state index in [2.05, 4.69) is 4.37 Å². The first-order chi connectivity index (χ1) is 5.22. The van der Waals surface area contributed by atoms with E-state index in [9.17, 15) is 4.79 Å². The van der Waals surface area contributed by atoms with Gasteiger partial charge in [-0.05, 0) is 24.0 Å². The summed E-state index contributed by atoms with van der Waals surface area (Å²) >= 11 is 1.16. The van der Waals surface area contributed by atoms with Crippen molar-refractivity contribution in [2.75, 3.05) is 0 Å². The lowest BCUT2D eigenvalue weighted by Gasteiger charge is -1.84. The van der Waals surface area contributed by atoms with Crippen LogP contribution in [0.3, 0.4) is 0 Å². The maximum atomic E-state index is 10.2. The molecule has 0 saturated heterocycles. The number of hydrogen-bond acceptors (Lipinski definition) is 3. The van der Waals surface area contributed by atoms with Gasteiger partial charge in [-0.25, -0.2) is 4.79 Å². The van der Waals surface area contributed by atoms with Gasteiger partial charge in [0.2, 0.25) is 0 Å². The zero-order valence-corrected chi connectivity index (χ0v) is 7.60. The summed E-state index contributed by atoms with van der Waals surface area (Å²) in [4.78, 5) is 10.2. The van der Waals surface area contributed by atoms with Crippen LogP contribution < -0.4 is 0 Å². The SMILES string of the molecule is CC.Cc1csnc1C(=O)O. The third-order valence-corrected chi connectivity index (χ3v) is 1.70. The molecule has 1 heterocycles. The minimum atomic E-state index is -0.950. The summed E-state index contributed by atoms with van der Waals surface area (Å²) in [6.45, 7) is 5.73. The molecule has 4 heteroatoms. The van der Waals surface area contributed by atoms with Crippen molar-refractivity contribution in [3.05, 3.63) is 16.6 Å². The molecule has 1 rings (SSSR count). The highest BCUT2D eigenvalue weighted by Crippen LogP contribution is 2.07. The van der Waals surface area contributed by atoms with E-state index in [1.165, 1.54) is 0 Å². The molecule has 0 aliphatic rings. The first-order valence-corrected chi connectivity index (χ1v) is 4.19. The van der Waals surface area contributed by atoms with Crippen LogP contribution in [0.25, 0.3) is 0 Å². The van der Waals surface area contributed by atoms with Gasteiger partial charge in [0.1, 0.15) is 0 Å². The molecular formula is C7H11NO2S. The maximum Gasteiger partial charge on any atom is 0.355 e. The summed E-state index contributed by atoms with van der Waals surface area (Å²) in [6.07, 6.45) is 0. The minimum Gasteiger partial charge on any atom is -0.476 e. The van der Waals surface area contributed by atoms with Crippen molar-refractivity contribution in [2.24, 2.45) is 0 Å². The molecule has 0 bridgehead atoms. The van der Waals surface area contributed by atoms with Crippen molar-refractivity contribution in [2.45, 2.75) is 20.8 Å². The molecule has 1 N–H and O–H groups in total. The fraction of sp³-hybridized carbons (Fsp3) is 0.429. The Morgan fingerprint density at radius 1 is 1.64 bits per heavy atom. The molecule has 1 aromatic rings. The summed E-state index contributed by atoms with van der Waals surface area (Å²) in [6, 6.07) is 0. The monoisotopic (exact) mass is 173 g/mol. The number of carbonyl (C=O) groups is 1. The molecule has 0 saturated carbocycles. The van der Waals surface area contributed by atoms with E-state index in [-0.39, 0.29) is 5.69 Å². The van der Waals surface area contributed by atoms with Gasteiger partial charge < -0.3 is 5.11 Å². The Kier molecular flexibility index (Phi) is 4.45. The van der Waals surface area contributed by atoms with Crippen LogP contribution in [-0.4, -0.2) is 15.4 Å². The van der Waals surface area contributed by atoms with Crippen LogP contribution >= 0.6 is 11.5 Å². The Bertz CT molecular complexity index is 232. The Hall–Kier alpha value is -0.900. The van der Waals surface area contributed by atoms with Crippen molar-refractivity contribution < 1.29 is 9.90 Å². The number of rotatable bonds is 1. The zero-order chi connectivity index (χ0) is 8.85. The summed E-state index contributed by atoms with van der Waals surface area (Å²) in [5.74, 6) is -0.950. The lowest BCUT2D eigenvalue weighted by Crippen LogP contribution is -1.97. The summed E-state index contributed by atoms with van der Waals surface area (Å²) < 4.78 is 3.66. The molecule has 0 spiro atoms. The summed E-state index contributed by atoms with van der Waals surface area (Å²) in [7, 11) is 0. The smallest absolute Gasteiger partial charge is 0.355 e. The van der Waals surface area contributed by atoms with Crippen molar-refractivity contribution in [3.63, 3.8) is 0 Å². The highest BCUT2D eigenvalue weighted by atomic mass is 32.1. The number of hydrogen-bond donors (Lipinski definition) is 1. The van der Waals surface area contributed by atoms with Gasteiger partial charge in [-0.2, -0.15) is 4.37 Å². The van der Waals surface area contributed by atoms with Crippen LogP contribution in [0.4, 0.5) is 0 Å². The molecule has 0 radical (unpaired) electrons. The molecule has 0 aromatic carbocycles. The second kappa shape index (κ2) is 4.85. The van der Waals surface area contributed by atoms with Gasteiger partial charge in [-0.1, -0.05) is 13.8 Å². The van der Waals surface area contributed by atoms with Crippen molar-refractivity contribution >= 4 is 17.5 Å². The van der Waals surface area contributed by atoms with Crippen LogP contribution in [0, 0.1) is 6.92 Å². The Labute approximate surface area is 69.9 Å². The molecule has 0 fully saturated rings. The lowest BCUT2D eigenvalue weighted by molar-refractivity contribution is 0.0691. The van der Waals surface area contributed by atoms with Crippen LogP contribution in [0.2, 0.25) is 0 Å². The molecule has 0 atom stereocenters. The van der Waals surface area contributed by atoms with Crippen molar-refractivity contribution in [1.29, 1.82) is 0 Å². The molecule has 3 nitrogen and oxygen atoms in total. The van der Waals surface area contributed by atoms with Gasteiger partial charge in [0.15, 0.2) is 5.69 Å². The number of nitrogens with zero attached hydrogens (tertiary/aromatic N) is 1. The molecule has 11 heavy (non-hydrogen) atoms. The average Bonchev–Trinajstić information content (AvgIpc) is 2.39. The maximum absolute atomic E-state index is 10.2. The molecule has 0 amide bonds. The minimum absolute atomic E-state index is 0.167. The normalized spacial score (nSPS) is 8.27. The van der Waals surface area contributed by atoms with Gasteiger partial charge in [0.25, 0.3) is 0 Å². The second-order valence-corrected chi connectivity index (χ2v) is 2.28. The number of carboxylic acid groups (broad SMARTS) is 1. The molecule has 0 unspecified atom stereocenters. The van der Waals surface area contributed by atoms with Crippen LogP contribution in [0.15, 0.2) is 5.38 Å². The van der Waals surface area contributed by atoms with E-state index in [0.717, 1.165) is 17.1 Å². The summed E-state index contributed by atoms with van der Waals surface area (Å²) in [5, 5.41) is 10.1. The average molecular weight is 173 g/mol. The number of aryl methyl sites for hydroxylation is 1. The number of carboxylic acids is 1. The van der Waals surface area contributed by atoms with E-state index in [0.29, 0.717) is 0 Å². The predicted molar refractivity (Wildman–Crippen MR) is 45.2 cm³/mol. The molecule has 0 aliphatic heterocycles. The van der Waals surface area contributed by atoms with E-state index in [4.69, 9.17) is 5.11 Å². The first-order valence-electron chi connectivity index (χ1n) is 3.36. The third kappa shape index (κ3) is 2.67. The standard InChI is InChI=1S/C5H5NO2S.C2H6/c1-3-2-9-6-4(3)5(7)8;1-2/h2H,1H3,(H,7,8);1-2H3. The van der Waals surface area contributed by atoms with Crippen LogP contribution in [0.5, 0.6) is 0 Å². The highest BCUT2D eigenvalue weighted by Gasteiger charge is 2.07. The Morgan fingerprint density at radius 2 is 2.18 bits per heavy atom. The summed E-state index contributed by atoms with van der Waals surface area (Å²) in [5.41, 5.74) is 0.896. The molecule has 0 aliphatic carbocycles. The zero-order valence-electron chi connectivity index (χ0n) is 6.79. The van der Waals surface area contributed by atoms with E-state index < -0.39 is 5.97 Å². The van der Waals surface area contributed by atoms with Crippen molar-refractivity contribution in [1.82, 2.24) is 4.37 Å². The Morgan fingerprint density at radius 3 is 2.36 bits per heavy atom. The quantitative estimate of drug-likeness (QED) is 0.708. The van der Waals surface area contributed by atoms with Crippen LogP contribution in [0.1, 0.15) is 29.9 Å². The predicted octanol–water partition coefficient (Wildman–Crippen LogP) is 2.18. The number of aromatic carboxylic acids is 1. The van der Waals surface area contributed by atoms with Crippen LogP contribution in [-0.2, 0) is 0 Å². The fourth-order valence-electron chi connectivity index (χ4n) is 0.494.